The lowest BCUT2D eigenvalue weighted by Crippen LogP contribution is -2.33. The zero-order valence-corrected chi connectivity index (χ0v) is 16.1. The quantitative estimate of drug-likeness (QED) is 0.635. The minimum atomic E-state index is -0.760. The van der Waals surface area contributed by atoms with E-state index in [0.717, 1.165) is 31.4 Å². The van der Waals surface area contributed by atoms with Gasteiger partial charge in [-0.1, -0.05) is 20.8 Å². The van der Waals surface area contributed by atoms with Gasteiger partial charge in [0.15, 0.2) is 0 Å². The molecule has 1 fully saturated rings. The second kappa shape index (κ2) is 8.83. The molecule has 1 saturated carbocycles. The Morgan fingerprint density at radius 3 is 2.27 bits per heavy atom. The summed E-state index contributed by atoms with van der Waals surface area (Å²) in [5.74, 6) is -0.112. The highest BCUT2D eigenvalue weighted by Crippen LogP contribution is 2.36. The number of amides is 2. The van der Waals surface area contributed by atoms with E-state index in [4.69, 9.17) is 4.74 Å². The maximum atomic E-state index is 12.0. The smallest absolute Gasteiger partial charge is 0.329 e. The van der Waals surface area contributed by atoms with Crippen molar-refractivity contribution in [2.45, 2.75) is 53.4 Å². The van der Waals surface area contributed by atoms with Crippen LogP contribution in [0.25, 0.3) is 0 Å². The van der Waals surface area contributed by atoms with E-state index in [-0.39, 0.29) is 0 Å². The molecule has 1 aliphatic carbocycles. The molecule has 26 heavy (non-hydrogen) atoms. The van der Waals surface area contributed by atoms with E-state index in [9.17, 15) is 9.59 Å². The average molecular weight is 359 g/mol. The fourth-order valence-electron chi connectivity index (χ4n) is 3.10. The van der Waals surface area contributed by atoms with Gasteiger partial charge in [-0.15, -0.1) is 0 Å². The molecule has 1 aliphatic rings. The van der Waals surface area contributed by atoms with E-state index in [2.05, 4.69) is 36.6 Å². The van der Waals surface area contributed by atoms with Crippen LogP contribution in [0, 0.1) is 11.3 Å². The molecule has 142 valence electrons. The summed E-state index contributed by atoms with van der Waals surface area (Å²) >= 11 is 0. The van der Waals surface area contributed by atoms with Gasteiger partial charge in [-0.2, -0.15) is 5.10 Å². The molecule has 0 aliphatic heterocycles. The molecular weight excluding hydrogens is 330 g/mol. The first-order valence-electron chi connectivity index (χ1n) is 9.19. The van der Waals surface area contributed by atoms with Gasteiger partial charge in [0.1, 0.15) is 5.75 Å². The molecule has 0 spiro atoms. The summed E-state index contributed by atoms with van der Waals surface area (Å²) in [6.07, 6.45) is 3.86. The molecule has 0 saturated heterocycles. The molecule has 0 unspecified atom stereocenters. The van der Waals surface area contributed by atoms with Crippen LogP contribution in [-0.2, 0) is 9.59 Å². The Kier molecular flexibility index (Phi) is 6.77. The third-order valence-corrected chi connectivity index (χ3v) is 4.73. The summed E-state index contributed by atoms with van der Waals surface area (Å²) in [7, 11) is 0. The fraction of sp³-hybridized carbons (Fsp3) is 0.550. The van der Waals surface area contributed by atoms with Crippen molar-refractivity contribution >= 4 is 23.2 Å². The second-order valence-corrected chi connectivity index (χ2v) is 7.67. The summed E-state index contributed by atoms with van der Waals surface area (Å²) in [5, 5.41) is 6.69. The Morgan fingerprint density at radius 1 is 1.12 bits per heavy atom. The van der Waals surface area contributed by atoms with Crippen LogP contribution in [0.1, 0.15) is 53.4 Å². The maximum Gasteiger partial charge on any atom is 0.329 e. The molecular formula is C20H29N3O3. The second-order valence-electron chi connectivity index (χ2n) is 7.67. The van der Waals surface area contributed by atoms with Crippen LogP contribution in [0.15, 0.2) is 29.4 Å². The molecule has 2 rings (SSSR count). The Bertz CT molecular complexity index is 650. The molecule has 0 aromatic heterocycles. The normalized spacial score (nSPS) is 17.4. The van der Waals surface area contributed by atoms with E-state index in [1.807, 2.05) is 6.92 Å². The van der Waals surface area contributed by atoms with Gasteiger partial charge in [0, 0.05) is 11.4 Å². The molecule has 2 amide bonds. The van der Waals surface area contributed by atoms with Gasteiger partial charge in [-0.3, -0.25) is 9.59 Å². The molecule has 0 radical (unpaired) electrons. The van der Waals surface area contributed by atoms with Crippen LogP contribution in [0.4, 0.5) is 5.69 Å². The maximum absolute atomic E-state index is 12.0. The molecule has 6 heteroatoms. The molecule has 0 atom stereocenters. The van der Waals surface area contributed by atoms with E-state index < -0.39 is 11.8 Å². The number of hydrogen-bond donors (Lipinski definition) is 2. The van der Waals surface area contributed by atoms with Crippen molar-refractivity contribution < 1.29 is 14.3 Å². The Morgan fingerprint density at radius 2 is 1.73 bits per heavy atom. The number of rotatable bonds is 4. The number of hydrogen-bond acceptors (Lipinski definition) is 4. The standard InChI is InChI=1S/C20H29N3O3/c1-5-26-17-12-10-15(11-13-17)21-18(24)19(25)23-22-16-8-6-14(7-9-16)20(2,3)4/h10-14H,5-9H2,1-4H3,(H,21,24)(H,23,25). The van der Waals surface area contributed by atoms with Crippen LogP contribution in [0.3, 0.4) is 0 Å². The van der Waals surface area contributed by atoms with Crippen molar-refractivity contribution in [3.8, 4) is 5.75 Å². The number of ether oxygens (including phenoxy) is 1. The van der Waals surface area contributed by atoms with E-state index in [1.54, 1.807) is 24.3 Å². The van der Waals surface area contributed by atoms with Gasteiger partial charge in [0.25, 0.3) is 0 Å². The van der Waals surface area contributed by atoms with Gasteiger partial charge in [0.2, 0.25) is 0 Å². The molecule has 1 aromatic rings. The minimum absolute atomic E-state index is 0.298. The summed E-state index contributed by atoms with van der Waals surface area (Å²) < 4.78 is 5.34. The zero-order chi connectivity index (χ0) is 19.2. The lowest BCUT2D eigenvalue weighted by molar-refractivity contribution is -0.136. The lowest BCUT2D eigenvalue weighted by atomic mass is 9.72. The number of nitrogens with one attached hydrogen (secondary N) is 2. The van der Waals surface area contributed by atoms with Crippen molar-refractivity contribution in [2.24, 2.45) is 16.4 Å². The number of hydrazone groups is 1. The third kappa shape index (κ3) is 5.86. The Labute approximate surface area is 155 Å². The van der Waals surface area contributed by atoms with Crippen LogP contribution in [0.5, 0.6) is 5.75 Å². The molecule has 1 aromatic carbocycles. The van der Waals surface area contributed by atoms with E-state index in [1.165, 1.54) is 0 Å². The number of anilines is 1. The fourth-order valence-corrected chi connectivity index (χ4v) is 3.10. The summed E-state index contributed by atoms with van der Waals surface area (Å²) in [6.45, 7) is 9.24. The number of carbonyl (C=O) groups excluding carboxylic acids is 2. The molecule has 2 N–H and O–H groups in total. The average Bonchev–Trinajstić information content (AvgIpc) is 2.61. The van der Waals surface area contributed by atoms with E-state index >= 15 is 0 Å². The van der Waals surface area contributed by atoms with Crippen LogP contribution in [0.2, 0.25) is 0 Å². The largest absolute Gasteiger partial charge is 0.494 e. The van der Waals surface area contributed by atoms with Crippen molar-refractivity contribution in [1.29, 1.82) is 0 Å². The predicted molar refractivity (Wildman–Crippen MR) is 103 cm³/mol. The molecule has 6 nitrogen and oxygen atoms in total. The van der Waals surface area contributed by atoms with Gasteiger partial charge >= 0.3 is 11.8 Å². The molecule has 0 bridgehead atoms. The number of nitrogens with zero attached hydrogens (tertiary/aromatic N) is 1. The van der Waals surface area contributed by atoms with Gasteiger partial charge in [0.05, 0.1) is 6.61 Å². The molecule has 0 heterocycles. The monoisotopic (exact) mass is 359 g/mol. The topological polar surface area (TPSA) is 79.8 Å². The summed E-state index contributed by atoms with van der Waals surface area (Å²) in [6, 6.07) is 6.86. The van der Waals surface area contributed by atoms with E-state index in [0.29, 0.717) is 29.4 Å². The van der Waals surface area contributed by atoms with Crippen molar-refractivity contribution in [1.82, 2.24) is 5.43 Å². The first-order chi connectivity index (χ1) is 12.3. The summed E-state index contributed by atoms with van der Waals surface area (Å²) in [4.78, 5) is 23.9. The minimum Gasteiger partial charge on any atom is -0.494 e. The highest BCUT2D eigenvalue weighted by Gasteiger charge is 2.28. The zero-order valence-electron chi connectivity index (χ0n) is 16.1. The van der Waals surface area contributed by atoms with Gasteiger partial charge < -0.3 is 10.1 Å². The van der Waals surface area contributed by atoms with Gasteiger partial charge in [-0.25, -0.2) is 5.43 Å². The number of benzene rings is 1. The predicted octanol–water partition coefficient (Wildman–Crippen LogP) is 3.73. The third-order valence-electron chi connectivity index (χ3n) is 4.73. The van der Waals surface area contributed by atoms with Crippen molar-refractivity contribution in [2.75, 3.05) is 11.9 Å². The highest BCUT2D eigenvalue weighted by atomic mass is 16.5. The van der Waals surface area contributed by atoms with Crippen molar-refractivity contribution in [3.63, 3.8) is 0 Å². The first-order valence-corrected chi connectivity index (χ1v) is 9.19. The highest BCUT2D eigenvalue weighted by molar-refractivity contribution is 6.39. The van der Waals surface area contributed by atoms with Crippen molar-refractivity contribution in [3.05, 3.63) is 24.3 Å². The van der Waals surface area contributed by atoms with Crippen LogP contribution in [-0.4, -0.2) is 24.1 Å². The Hall–Kier alpha value is -2.37. The lowest BCUT2D eigenvalue weighted by Gasteiger charge is -2.34. The first kappa shape index (κ1) is 19.9. The van der Waals surface area contributed by atoms with Crippen LogP contribution >= 0.6 is 0 Å². The van der Waals surface area contributed by atoms with Crippen LogP contribution < -0.4 is 15.5 Å². The SMILES string of the molecule is CCOc1ccc(NC(=O)C(=O)NN=C2CCC(C(C)(C)C)CC2)cc1. The Balaban J connectivity index is 1.81. The summed E-state index contributed by atoms with van der Waals surface area (Å²) in [5.41, 5.74) is 4.15. The van der Waals surface area contributed by atoms with Gasteiger partial charge in [-0.05, 0) is 68.2 Å². The number of carbonyl (C=O) groups is 2.